The van der Waals surface area contributed by atoms with Crippen LogP contribution < -0.4 is 5.43 Å². The molecule has 1 aliphatic rings. The van der Waals surface area contributed by atoms with Gasteiger partial charge in [-0.2, -0.15) is 0 Å². The summed E-state index contributed by atoms with van der Waals surface area (Å²) >= 11 is 2.18. The quantitative estimate of drug-likeness (QED) is 0.817. The Balaban J connectivity index is 1.92. The van der Waals surface area contributed by atoms with Crippen LogP contribution in [0.5, 0.6) is 0 Å². The van der Waals surface area contributed by atoms with Crippen molar-refractivity contribution in [2.24, 2.45) is 0 Å². The molecule has 1 fully saturated rings. The van der Waals surface area contributed by atoms with Gasteiger partial charge in [0, 0.05) is 29.1 Å². The number of ether oxygens (including phenoxy) is 1. The first-order valence-corrected chi connectivity index (χ1v) is 5.49. The summed E-state index contributed by atoms with van der Waals surface area (Å²) in [5, 5.41) is 2.06. The normalized spacial score (nSPS) is 18.1. The van der Waals surface area contributed by atoms with Crippen molar-refractivity contribution in [2.75, 3.05) is 31.7 Å². The number of anilines is 1. The maximum absolute atomic E-state index is 5.23. The van der Waals surface area contributed by atoms with Crippen molar-refractivity contribution in [1.29, 1.82) is 0 Å². The van der Waals surface area contributed by atoms with E-state index in [0.717, 1.165) is 29.9 Å². The molecule has 0 unspecified atom stereocenters. The standard InChI is InChI=1S/C8H11IN4O/c9-7-5-10-8(11-6-7)12-13-1-3-14-4-2-13/h5-6H,1-4H2,(H,10,11,12). The predicted molar refractivity (Wildman–Crippen MR) is 60.8 cm³/mol. The Morgan fingerprint density at radius 3 is 2.57 bits per heavy atom. The minimum absolute atomic E-state index is 0.646. The highest BCUT2D eigenvalue weighted by molar-refractivity contribution is 14.1. The van der Waals surface area contributed by atoms with E-state index in [1.54, 1.807) is 12.4 Å². The van der Waals surface area contributed by atoms with Gasteiger partial charge < -0.3 is 4.74 Å². The summed E-state index contributed by atoms with van der Waals surface area (Å²) in [6.07, 6.45) is 3.58. The van der Waals surface area contributed by atoms with Gasteiger partial charge in [-0.25, -0.2) is 15.0 Å². The fraction of sp³-hybridized carbons (Fsp3) is 0.500. The monoisotopic (exact) mass is 306 g/mol. The molecule has 0 atom stereocenters. The number of hydrogen-bond acceptors (Lipinski definition) is 5. The Hall–Kier alpha value is -0.470. The van der Waals surface area contributed by atoms with Gasteiger partial charge in [-0.1, -0.05) is 0 Å². The lowest BCUT2D eigenvalue weighted by atomic mass is 10.5. The van der Waals surface area contributed by atoms with E-state index in [0.29, 0.717) is 5.95 Å². The fourth-order valence-electron chi connectivity index (χ4n) is 1.19. The van der Waals surface area contributed by atoms with Crippen LogP contribution in [0.1, 0.15) is 0 Å². The molecule has 0 saturated carbocycles. The van der Waals surface area contributed by atoms with Crippen LogP contribution in [0.3, 0.4) is 0 Å². The number of hydrogen-bond donors (Lipinski definition) is 1. The van der Waals surface area contributed by atoms with E-state index in [2.05, 4.69) is 43.0 Å². The number of morpholine rings is 1. The lowest BCUT2D eigenvalue weighted by Gasteiger charge is -2.26. The van der Waals surface area contributed by atoms with E-state index in [9.17, 15) is 0 Å². The van der Waals surface area contributed by atoms with Gasteiger partial charge in [-0.05, 0) is 22.6 Å². The van der Waals surface area contributed by atoms with Crippen LogP contribution >= 0.6 is 22.6 Å². The van der Waals surface area contributed by atoms with Crippen molar-refractivity contribution in [3.63, 3.8) is 0 Å². The zero-order valence-electron chi connectivity index (χ0n) is 7.61. The third-order valence-electron chi connectivity index (χ3n) is 1.89. The molecule has 0 amide bonds. The number of halogens is 1. The number of hydrazine groups is 1. The fourth-order valence-corrected chi connectivity index (χ4v) is 1.47. The lowest BCUT2D eigenvalue weighted by Crippen LogP contribution is -2.40. The first-order chi connectivity index (χ1) is 6.84. The largest absolute Gasteiger partial charge is 0.379 e. The molecule has 0 aliphatic carbocycles. The minimum Gasteiger partial charge on any atom is -0.379 e. The summed E-state index contributed by atoms with van der Waals surface area (Å²) in [5.41, 5.74) is 3.14. The molecule has 76 valence electrons. The van der Waals surface area contributed by atoms with E-state index in [-0.39, 0.29) is 0 Å². The van der Waals surface area contributed by atoms with Crippen LogP contribution in [0.25, 0.3) is 0 Å². The van der Waals surface area contributed by atoms with E-state index < -0.39 is 0 Å². The second-order valence-corrected chi connectivity index (χ2v) is 4.18. The molecule has 1 aromatic rings. The van der Waals surface area contributed by atoms with Crippen LogP contribution in [0.2, 0.25) is 0 Å². The highest BCUT2D eigenvalue weighted by Gasteiger charge is 2.10. The number of aromatic nitrogens is 2. The van der Waals surface area contributed by atoms with E-state index in [1.165, 1.54) is 0 Å². The molecule has 6 heteroatoms. The second-order valence-electron chi connectivity index (χ2n) is 2.94. The Labute approximate surface area is 96.0 Å². The second kappa shape index (κ2) is 4.85. The van der Waals surface area contributed by atoms with Crippen molar-refractivity contribution >= 4 is 28.5 Å². The maximum Gasteiger partial charge on any atom is 0.237 e. The first-order valence-electron chi connectivity index (χ1n) is 4.41. The number of nitrogens with one attached hydrogen (secondary N) is 1. The Bertz CT molecular complexity index is 286. The molecule has 5 nitrogen and oxygen atoms in total. The zero-order valence-corrected chi connectivity index (χ0v) is 9.77. The molecule has 1 N–H and O–H groups in total. The number of rotatable bonds is 2. The molecule has 0 bridgehead atoms. The summed E-state index contributed by atoms with van der Waals surface area (Å²) in [5.74, 6) is 0.646. The average Bonchev–Trinajstić information content (AvgIpc) is 2.23. The van der Waals surface area contributed by atoms with Crippen LogP contribution in [-0.4, -0.2) is 41.3 Å². The van der Waals surface area contributed by atoms with E-state index >= 15 is 0 Å². The Morgan fingerprint density at radius 2 is 1.93 bits per heavy atom. The summed E-state index contributed by atoms with van der Waals surface area (Å²) in [7, 11) is 0. The average molecular weight is 306 g/mol. The summed E-state index contributed by atoms with van der Waals surface area (Å²) in [6.45, 7) is 3.26. The topological polar surface area (TPSA) is 50.3 Å². The third-order valence-corrected chi connectivity index (χ3v) is 2.45. The van der Waals surface area contributed by atoms with Gasteiger partial charge in [0.2, 0.25) is 5.95 Å². The minimum atomic E-state index is 0.646. The van der Waals surface area contributed by atoms with Crippen molar-refractivity contribution in [3.05, 3.63) is 16.0 Å². The van der Waals surface area contributed by atoms with Crippen molar-refractivity contribution in [1.82, 2.24) is 15.0 Å². The molecular formula is C8H11IN4O. The third kappa shape index (κ3) is 2.76. The zero-order chi connectivity index (χ0) is 9.80. The molecule has 0 aromatic carbocycles. The highest BCUT2D eigenvalue weighted by Crippen LogP contribution is 2.04. The SMILES string of the molecule is Ic1cnc(NN2CCOCC2)nc1. The smallest absolute Gasteiger partial charge is 0.237 e. The molecule has 2 heterocycles. The number of nitrogens with zero attached hydrogens (tertiary/aromatic N) is 3. The van der Waals surface area contributed by atoms with Gasteiger partial charge >= 0.3 is 0 Å². The van der Waals surface area contributed by atoms with Crippen molar-refractivity contribution in [3.8, 4) is 0 Å². The molecule has 1 aromatic heterocycles. The van der Waals surface area contributed by atoms with Crippen LogP contribution in [0.15, 0.2) is 12.4 Å². The van der Waals surface area contributed by atoms with E-state index in [4.69, 9.17) is 4.74 Å². The molecule has 0 radical (unpaired) electrons. The summed E-state index contributed by atoms with van der Waals surface area (Å²) < 4.78 is 6.27. The first kappa shape index (κ1) is 10.1. The lowest BCUT2D eigenvalue weighted by molar-refractivity contribution is 0.0492. The molecule has 1 aliphatic heterocycles. The van der Waals surface area contributed by atoms with Gasteiger partial charge in [0.05, 0.1) is 13.2 Å². The van der Waals surface area contributed by atoms with Gasteiger partial charge in [0.25, 0.3) is 0 Å². The van der Waals surface area contributed by atoms with Gasteiger partial charge in [-0.3, -0.25) is 5.43 Å². The highest BCUT2D eigenvalue weighted by atomic mass is 127. The van der Waals surface area contributed by atoms with Crippen molar-refractivity contribution < 1.29 is 4.74 Å². The Morgan fingerprint density at radius 1 is 1.29 bits per heavy atom. The molecule has 14 heavy (non-hydrogen) atoms. The van der Waals surface area contributed by atoms with Gasteiger partial charge in [0.1, 0.15) is 0 Å². The van der Waals surface area contributed by atoms with Crippen molar-refractivity contribution in [2.45, 2.75) is 0 Å². The van der Waals surface area contributed by atoms with Crippen LogP contribution in [-0.2, 0) is 4.74 Å². The van der Waals surface area contributed by atoms with Gasteiger partial charge in [-0.15, -0.1) is 0 Å². The van der Waals surface area contributed by atoms with Crippen LogP contribution in [0, 0.1) is 3.57 Å². The Kier molecular flexibility index (Phi) is 3.49. The van der Waals surface area contributed by atoms with Gasteiger partial charge in [0.15, 0.2) is 0 Å². The van der Waals surface area contributed by atoms with E-state index in [1.807, 2.05) is 0 Å². The predicted octanol–water partition coefficient (Wildman–Crippen LogP) is 0.740. The molecule has 2 rings (SSSR count). The molecule has 0 spiro atoms. The maximum atomic E-state index is 5.23. The summed E-state index contributed by atoms with van der Waals surface area (Å²) in [6, 6.07) is 0. The summed E-state index contributed by atoms with van der Waals surface area (Å²) in [4.78, 5) is 8.32. The molecule has 1 saturated heterocycles. The molecular weight excluding hydrogens is 295 g/mol. The van der Waals surface area contributed by atoms with Crippen LogP contribution in [0.4, 0.5) is 5.95 Å².